The Balaban J connectivity index is 1.46. The number of aromatic nitrogens is 4. The molecule has 0 unspecified atom stereocenters. The molecule has 31 heavy (non-hydrogen) atoms. The molecule has 0 bridgehead atoms. The van der Waals surface area contributed by atoms with E-state index in [1.54, 1.807) is 13.0 Å². The Morgan fingerprint density at radius 1 is 1.29 bits per heavy atom. The van der Waals surface area contributed by atoms with E-state index in [0.717, 1.165) is 24.9 Å². The van der Waals surface area contributed by atoms with Gasteiger partial charge in [-0.3, -0.25) is 14.3 Å². The number of aromatic amines is 1. The Labute approximate surface area is 177 Å². The van der Waals surface area contributed by atoms with Crippen LogP contribution in [0.3, 0.4) is 0 Å². The molecule has 1 aliphatic heterocycles. The summed E-state index contributed by atoms with van der Waals surface area (Å²) in [6, 6.07) is 3.60. The summed E-state index contributed by atoms with van der Waals surface area (Å²) in [6.45, 7) is 7.58. The molecule has 0 aromatic carbocycles. The first kappa shape index (κ1) is 20.6. The number of nitrogens with zero attached hydrogens (tertiary/aromatic N) is 4. The van der Waals surface area contributed by atoms with Crippen LogP contribution < -0.4 is 15.6 Å². The molecule has 1 saturated heterocycles. The van der Waals surface area contributed by atoms with Gasteiger partial charge in [0, 0.05) is 37.6 Å². The summed E-state index contributed by atoms with van der Waals surface area (Å²) >= 11 is 0. The van der Waals surface area contributed by atoms with Gasteiger partial charge in [0.25, 0.3) is 0 Å². The number of fused-ring (bicyclic) bond motifs is 1. The van der Waals surface area contributed by atoms with Crippen molar-refractivity contribution in [2.45, 2.75) is 33.7 Å². The lowest BCUT2D eigenvalue weighted by atomic mass is 9.98. The molecule has 4 heterocycles. The Morgan fingerprint density at radius 2 is 2.03 bits per heavy atom. The van der Waals surface area contributed by atoms with Crippen LogP contribution in [0.4, 0.5) is 11.6 Å². The summed E-state index contributed by atoms with van der Waals surface area (Å²) in [5.74, 6) is -0.369. The molecule has 0 spiro atoms. The van der Waals surface area contributed by atoms with Crippen molar-refractivity contribution in [3.8, 4) is 0 Å². The third-order valence-electron chi connectivity index (χ3n) is 5.50. The van der Waals surface area contributed by atoms with Crippen molar-refractivity contribution in [3.05, 3.63) is 45.4 Å². The quantitative estimate of drug-likeness (QED) is 0.550. The molecule has 1 amide bonds. The molecule has 4 rings (SSSR count). The topological polar surface area (TPSA) is 133 Å². The molecule has 3 aromatic heterocycles. The number of carbonyl (C=O) groups excluding carboxylic acids is 1. The number of carboxylic acid groups (broad SMARTS) is 1. The minimum Gasteiger partial charge on any atom is -0.477 e. The van der Waals surface area contributed by atoms with E-state index >= 15 is 0 Å². The van der Waals surface area contributed by atoms with E-state index in [0.29, 0.717) is 35.9 Å². The Bertz CT molecular complexity index is 1240. The second-order valence-corrected chi connectivity index (χ2v) is 7.84. The highest BCUT2D eigenvalue weighted by molar-refractivity contribution is 5.94. The Kier molecular flexibility index (Phi) is 5.22. The van der Waals surface area contributed by atoms with Crippen molar-refractivity contribution < 1.29 is 14.7 Å². The summed E-state index contributed by atoms with van der Waals surface area (Å²) in [5, 5.41) is 16.7. The van der Waals surface area contributed by atoms with Gasteiger partial charge >= 0.3 is 5.97 Å². The lowest BCUT2D eigenvalue weighted by molar-refractivity contribution is -0.120. The van der Waals surface area contributed by atoms with Crippen LogP contribution in [-0.4, -0.2) is 49.8 Å². The van der Waals surface area contributed by atoms with E-state index < -0.39 is 11.4 Å². The zero-order chi connectivity index (χ0) is 22.3. The number of H-pyrrole nitrogens is 1. The highest BCUT2D eigenvalue weighted by Crippen LogP contribution is 2.27. The van der Waals surface area contributed by atoms with Crippen LogP contribution in [0.1, 0.15) is 35.0 Å². The fraction of sp³-hybridized carbons (Fsp3) is 0.381. The smallest absolute Gasteiger partial charge is 0.341 e. The molecule has 3 N–H and O–H groups in total. The van der Waals surface area contributed by atoms with Gasteiger partial charge in [-0.15, -0.1) is 0 Å². The molecule has 10 heteroatoms. The van der Waals surface area contributed by atoms with Crippen LogP contribution in [0.15, 0.2) is 23.1 Å². The number of amides is 1. The normalized spacial score (nSPS) is 14.0. The van der Waals surface area contributed by atoms with E-state index in [1.165, 1.54) is 0 Å². The van der Waals surface area contributed by atoms with Gasteiger partial charge in [0.2, 0.25) is 11.3 Å². The lowest BCUT2D eigenvalue weighted by Gasteiger charge is -2.39. The molecule has 0 radical (unpaired) electrons. The maximum atomic E-state index is 12.6. The monoisotopic (exact) mass is 424 g/mol. The number of rotatable bonds is 6. The van der Waals surface area contributed by atoms with Gasteiger partial charge in [-0.25, -0.2) is 9.78 Å². The van der Waals surface area contributed by atoms with Gasteiger partial charge < -0.3 is 20.3 Å². The molecule has 0 atom stereocenters. The number of carboxylic acids is 1. The van der Waals surface area contributed by atoms with Crippen LogP contribution in [-0.2, 0) is 11.3 Å². The predicted molar refractivity (Wildman–Crippen MR) is 116 cm³/mol. The summed E-state index contributed by atoms with van der Waals surface area (Å²) in [4.78, 5) is 45.4. The molecule has 10 nitrogen and oxygen atoms in total. The van der Waals surface area contributed by atoms with Crippen molar-refractivity contribution in [2.24, 2.45) is 5.92 Å². The number of pyridine rings is 2. The van der Waals surface area contributed by atoms with Gasteiger partial charge in [0.15, 0.2) is 5.82 Å². The van der Waals surface area contributed by atoms with Crippen molar-refractivity contribution in [1.29, 1.82) is 0 Å². The molecule has 162 valence electrons. The van der Waals surface area contributed by atoms with Crippen molar-refractivity contribution in [1.82, 2.24) is 19.7 Å². The first-order valence-corrected chi connectivity index (χ1v) is 10.1. The van der Waals surface area contributed by atoms with E-state index in [2.05, 4.69) is 27.3 Å². The largest absolute Gasteiger partial charge is 0.477 e. The van der Waals surface area contributed by atoms with Crippen LogP contribution in [0.2, 0.25) is 0 Å². The number of hydrogen-bond donors (Lipinski definition) is 3. The summed E-state index contributed by atoms with van der Waals surface area (Å²) in [7, 11) is 0. The average Bonchev–Trinajstić information content (AvgIpc) is 2.99. The first-order chi connectivity index (χ1) is 14.8. The van der Waals surface area contributed by atoms with E-state index in [1.807, 2.05) is 22.6 Å². The van der Waals surface area contributed by atoms with Crippen LogP contribution in [0.5, 0.6) is 0 Å². The van der Waals surface area contributed by atoms with Gasteiger partial charge in [-0.05, 0) is 31.9 Å². The SMILES string of the molecule is CCCn1nc(NC(=O)C2CN(c3cc(C)c4c(=O)c(C(=O)O)c[nH]c4n3)C2)cc1C. The number of carbonyl (C=O) groups is 2. The van der Waals surface area contributed by atoms with E-state index in [9.17, 15) is 14.4 Å². The standard InChI is InChI=1S/C21H24N6O4/c1-4-5-27-12(3)7-15(25-27)23-20(29)13-9-26(10-13)16-6-11(2)17-18(28)14(21(30)31)8-22-19(17)24-16/h6-8,13H,4-5,9-10H2,1-3H3,(H,30,31)(H,22,24,28)(H,23,25,29). The predicted octanol–water partition coefficient (Wildman–Crippen LogP) is 1.92. The first-order valence-electron chi connectivity index (χ1n) is 10.1. The van der Waals surface area contributed by atoms with Gasteiger partial charge in [-0.1, -0.05) is 6.92 Å². The maximum absolute atomic E-state index is 12.6. The zero-order valence-corrected chi connectivity index (χ0v) is 17.6. The van der Waals surface area contributed by atoms with Crippen molar-refractivity contribution in [2.75, 3.05) is 23.3 Å². The van der Waals surface area contributed by atoms with Crippen LogP contribution >= 0.6 is 0 Å². The van der Waals surface area contributed by atoms with E-state index in [4.69, 9.17) is 5.11 Å². The summed E-state index contributed by atoms with van der Waals surface area (Å²) in [5.41, 5.74) is 1.09. The molecule has 1 aliphatic rings. The minimum atomic E-state index is -1.28. The number of anilines is 2. The third kappa shape index (κ3) is 3.76. The van der Waals surface area contributed by atoms with Crippen LogP contribution in [0.25, 0.3) is 11.0 Å². The number of aromatic carboxylic acids is 1. The number of hydrogen-bond acceptors (Lipinski definition) is 6. The average molecular weight is 424 g/mol. The van der Waals surface area contributed by atoms with Crippen LogP contribution in [0, 0.1) is 19.8 Å². The number of nitrogens with one attached hydrogen (secondary N) is 2. The second kappa shape index (κ2) is 7.86. The molecule has 0 aliphatic carbocycles. The van der Waals surface area contributed by atoms with Crippen molar-refractivity contribution in [3.63, 3.8) is 0 Å². The van der Waals surface area contributed by atoms with Gasteiger partial charge in [0.05, 0.1) is 11.3 Å². The third-order valence-corrected chi connectivity index (χ3v) is 5.50. The second-order valence-electron chi connectivity index (χ2n) is 7.84. The fourth-order valence-electron chi connectivity index (χ4n) is 3.78. The van der Waals surface area contributed by atoms with E-state index in [-0.39, 0.29) is 22.8 Å². The molecular formula is C21H24N6O4. The Morgan fingerprint density at radius 3 is 2.71 bits per heavy atom. The van der Waals surface area contributed by atoms with Gasteiger partial charge in [-0.2, -0.15) is 5.10 Å². The lowest BCUT2D eigenvalue weighted by Crippen LogP contribution is -2.52. The summed E-state index contributed by atoms with van der Waals surface area (Å²) < 4.78 is 1.88. The molecule has 0 saturated carbocycles. The minimum absolute atomic E-state index is 0.0885. The van der Waals surface area contributed by atoms with Gasteiger partial charge in [0.1, 0.15) is 17.0 Å². The molecule has 3 aromatic rings. The van der Waals surface area contributed by atoms with Crippen molar-refractivity contribution >= 4 is 34.5 Å². The molecule has 1 fully saturated rings. The Hall–Kier alpha value is -3.69. The fourth-order valence-corrected chi connectivity index (χ4v) is 3.78. The molecular weight excluding hydrogens is 400 g/mol. The highest BCUT2D eigenvalue weighted by Gasteiger charge is 2.34. The highest BCUT2D eigenvalue weighted by atomic mass is 16.4. The summed E-state index contributed by atoms with van der Waals surface area (Å²) in [6.07, 6.45) is 2.13. The maximum Gasteiger partial charge on any atom is 0.341 e. The number of aryl methyl sites for hydroxylation is 3. The zero-order valence-electron chi connectivity index (χ0n) is 17.6.